The van der Waals surface area contributed by atoms with Crippen molar-refractivity contribution in [2.24, 2.45) is 5.92 Å². The topological polar surface area (TPSA) is 82.7 Å². The summed E-state index contributed by atoms with van der Waals surface area (Å²) in [4.78, 5) is 10.6. The predicted molar refractivity (Wildman–Crippen MR) is 60.7 cm³/mol. The van der Waals surface area contributed by atoms with Crippen molar-refractivity contribution in [1.82, 2.24) is 5.32 Å². The highest BCUT2D eigenvalue weighted by atomic mass is 16.4. The van der Waals surface area contributed by atoms with Crippen LogP contribution < -0.4 is 5.32 Å². The molecule has 1 aliphatic carbocycles. The molecule has 1 heterocycles. The maximum Gasteiger partial charge on any atom is 0.371 e. The summed E-state index contributed by atoms with van der Waals surface area (Å²) in [5, 5.41) is 21.5. The van der Waals surface area contributed by atoms with Crippen LogP contribution in [0.5, 0.6) is 0 Å². The number of hydrogen-bond acceptors (Lipinski definition) is 4. The van der Waals surface area contributed by atoms with Crippen molar-refractivity contribution < 1.29 is 19.4 Å². The maximum absolute atomic E-state index is 10.6. The zero-order valence-corrected chi connectivity index (χ0v) is 9.56. The molecular weight excluding hydrogens is 222 g/mol. The highest BCUT2D eigenvalue weighted by Crippen LogP contribution is 2.24. The van der Waals surface area contributed by atoms with E-state index in [-0.39, 0.29) is 11.9 Å². The molecule has 0 spiro atoms. The second kappa shape index (κ2) is 5.33. The molecule has 0 bridgehead atoms. The fourth-order valence-electron chi connectivity index (χ4n) is 2.22. The van der Waals surface area contributed by atoms with Crippen LogP contribution in [0.1, 0.15) is 35.6 Å². The second-order valence-corrected chi connectivity index (χ2v) is 4.46. The summed E-state index contributed by atoms with van der Waals surface area (Å²) >= 11 is 0. The van der Waals surface area contributed by atoms with E-state index < -0.39 is 5.97 Å². The van der Waals surface area contributed by atoms with Gasteiger partial charge in [-0.1, -0.05) is 6.42 Å². The molecule has 1 fully saturated rings. The number of nitrogens with one attached hydrogen (secondary N) is 1. The Kier molecular flexibility index (Phi) is 3.81. The van der Waals surface area contributed by atoms with E-state index in [0.29, 0.717) is 18.2 Å². The Hall–Kier alpha value is -1.33. The third-order valence-corrected chi connectivity index (χ3v) is 3.20. The molecule has 1 aromatic rings. The fourth-order valence-corrected chi connectivity index (χ4v) is 2.22. The minimum absolute atomic E-state index is 0.0392. The summed E-state index contributed by atoms with van der Waals surface area (Å²) in [7, 11) is 0. The van der Waals surface area contributed by atoms with E-state index in [0.717, 1.165) is 25.8 Å². The van der Waals surface area contributed by atoms with Gasteiger partial charge in [0.1, 0.15) is 5.76 Å². The molecule has 2 rings (SSSR count). The first-order valence-electron chi connectivity index (χ1n) is 5.87. The summed E-state index contributed by atoms with van der Waals surface area (Å²) in [6, 6.07) is 3.10. The lowest BCUT2D eigenvalue weighted by atomic mass is 10.1. The number of carbonyl (C=O) groups is 1. The molecule has 0 saturated heterocycles. The van der Waals surface area contributed by atoms with Gasteiger partial charge in [-0.05, 0) is 30.9 Å². The molecule has 2 atom stereocenters. The van der Waals surface area contributed by atoms with E-state index >= 15 is 0 Å². The van der Waals surface area contributed by atoms with E-state index in [4.69, 9.17) is 9.52 Å². The molecule has 1 aromatic heterocycles. The lowest BCUT2D eigenvalue weighted by Gasteiger charge is -2.14. The molecule has 2 unspecified atom stereocenters. The van der Waals surface area contributed by atoms with Crippen LogP contribution in [0, 0.1) is 5.92 Å². The smallest absolute Gasteiger partial charge is 0.371 e. The lowest BCUT2D eigenvalue weighted by Crippen LogP contribution is -2.27. The number of hydrogen-bond donors (Lipinski definition) is 3. The van der Waals surface area contributed by atoms with Crippen LogP contribution in [0.2, 0.25) is 0 Å². The van der Waals surface area contributed by atoms with Crippen LogP contribution in [0.4, 0.5) is 0 Å². The van der Waals surface area contributed by atoms with Crippen molar-refractivity contribution in [3.05, 3.63) is 23.7 Å². The molecule has 17 heavy (non-hydrogen) atoms. The first kappa shape index (κ1) is 12.1. The van der Waals surface area contributed by atoms with E-state index in [1.165, 1.54) is 6.07 Å². The van der Waals surface area contributed by atoms with Gasteiger partial charge in [0.25, 0.3) is 0 Å². The van der Waals surface area contributed by atoms with Gasteiger partial charge in [-0.15, -0.1) is 0 Å². The van der Waals surface area contributed by atoms with Crippen LogP contribution in [0.25, 0.3) is 0 Å². The Balaban J connectivity index is 1.76. The Morgan fingerprint density at radius 2 is 2.29 bits per heavy atom. The Labute approximate surface area is 99.4 Å². The van der Waals surface area contributed by atoms with Gasteiger partial charge in [0.2, 0.25) is 5.76 Å². The Morgan fingerprint density at radius 1 is 1.47 bits per heavy atom. The average molecular weight is 239 g/mol. The molecule has 3 N–H and O–H groups in total. The van der Waals surface area contributed by atoms with Crippen molar-refractivity contribution in [3.8, 4) is 0 Å². The van der Waals surface area contributed by atoms with Gasteiger partial charge in [0.05, 0.1) is 12.6 Å². The average Bonchev–Trinajstić information content (AvgIpc) is 2.89. The summed E-state index contributed by atoms with van der Waals surface area (Å²) in [6.07, 6.45) is 2.81. The highest BCUT2D eigenvalue weighted by molar-refractivity contribution is 5.84. The van der Waals surface area contributed by atoms with Crippen LogP contribution in [0.15, 0.2) is 16.5 Å². The number of furan rings is 1. The largest absolute Gasteiger partial charge is 0.475 e. The van der Waals surface area contributed by atoms with Crippen LogP contribution >= 0.6 is 0 Å². The molecule has 5 heteroatoms. The number of carboxylic acid groups (broad SMARTS) is 1. The van der Waals surface area contributed by atoms with Crippen LogP contribution in [0.3, 0.4) is 0 Å². The molecule has 94 valence electrons. The number of carboxylic acids is 1. The number of aliphatic hydroxyl groups is 1. The van der Waals surface area contributed by atoms with Crippen LogP contribution in [-0.4, -0.2) is 28.8 Å². The first-order chi connectivity index (χ1) is 8.16. The maximum atomic E-state index is 10.6. The zero-order chi connectivity index (χ0) is 12.3. The number of aromatic carboxylic acids is 1. The van der Waals surface area contributed by atoms with Gasteiger partial charge in [-0.25, -0.2) is 4.79 Å². The van der Waals surface area contributed by atoms with Crippen molar-refractivity contribution in [1.29, 1.82) is 0 Å². The van der Waals surface area contributed by atoms with Gasteiger partial charge in [-0.3, -0.25) is 0 Å². The van der Waals surface area contributed by atoms with Crippen molar-refractivity contribution in [2.75, 3.05) is 6.54 Å². The molecule has 0 radical (unpaired) electrons. The second-order valence-electron chi connectivity index (χ2n) is 4.46. The number of aliphatic hydroxyl groups excluding tert-OH is 1. The number of rotatable bonds is 5. The van der Waals surface area contributed by atoms with E-state index in [1.807, 2.05) is 0 Å². The molecule has 0 aromatic carbocycles. The molecule has 0 aliphatic heterocycles. The lowest BCUT2D eigenvalue weighted by molar-refractivity contribution is 0.0660. The standard InChI is InChI=1S/C12H17NO4/c14-10-3-1-2-8(10)6-13-7-9-4-5-11(17-9)12(15)16/h4-5,8,10,13-14H,1-3,6-7H2,(H,15,16). The predicted octanol–water partition coefficient (Wildman–Crippen LogP) is 1.23. The normalized spacial score (nSPS) is 24.1. The van der Waals surface area contributed by atoms with Gasteiger partial charge in [0, 0.05) is 6.54 Å². The quantitative estimate of drug-likeness (QED) is 0.719. The molecule has 0 amide bonds. The summed E-state index contributed by atoms with van der Waals surface area (Å²) in [5.41, 5.74) is 0. The summed E-state index contributed by atoms with van der Waals surface area (Å²) < 4.78 is 5.11. The Morgan fingerprint density at radius 3 is 2.88 bits per heavy atom. The van der Waals surface area contributed by atoms with E-state index in [9.17, 15) is 9.90 Å². The first-order valence-corrected chi connectivity index (χ1v) is 5.87. The minimum atomic E-state index is -1.05. The third kappa shape index (κ3) is 3.08. The van der Waals surface area contributed by atoms with E-state index in [1.54, 1.807) is 6.07 Å². The SMILES string of the molecule is O=C(O)c1ccc(CNCC2CCCC2O)o1. The summed E-state index contributed by atoms with van der Waals surface area (Å²) in [5.74, 6) is -0.177. The van der Waals surface area contributed by atoms with Gasteiger partial charge < -0.3 is 19.9 Å². The zero-order valence-electron chi connectivity index (χ0n) is 9.56. The highest BCUT2D eigenvalue weighted by Gasteiger charge is 2.24. The monoisotopic (exact) mass is 239 g/mol. The van der Waals surface area contributed by atoms with E-state index in [2.05, 4.69) is 5.32 Å². The molecule has 1 saturated carbocycles. The van der Waals surface area contributed by atoms with Crippen molar-refractivity contribution in [2.45, 2.75) is 31.9 Å². The van der Waals surface area contributed by atoms with Gasteiger partial charge >= 0.3 is 5.97 Å². The fraction of sp³-hybridized carbons (Fsp3) is 0.583. The van der Waals surface area contributed by atoms with Gasteiger partial charge in [-0.2, -0.15) is 0 Å². The minimum Gasteiger partial charge on any atom is -0.475 e. The molecular formula is C12H17NO4. The Bertz CT molecular complexity index is 388. The van der Waals surface area contributed by atoms with Crippen molar-refractivity contribution >= 4 is 5.97 Å². The van der Waals surface area contributed by atoms with Crippen molar-refractivity contribution in [3.63, 3.8) is 0 Å². The third-order valence-electron chi connectivity index (χ3n) is 3.20. The molecule has 1 aliphatic rings. The van der Waals surface area contributed by atoms with Gasteiger partial charge in [0.15, 0.2) is 0 Å². The summed E-state index contributed by atoms with van der Waals surface area (Å²) in [6.45, 7) is 1.24. The molecule has 5 nitrogen and oxygen atoms in total. The van der Waals surface area contributed by atoms with Crippen LogP contribution in [-0.2, 0) is 6.54 Å².